The predicted octanol–water partition coefficient (Wildman–Crippen LogP) is 3.84. The van der Waals surface area contributed by atoms with Gasteiger partial charge in [-0.3, -0.25) is 19.8 Å². The lowest BCUT2D eigenvalue weighted by Crippen LogP contribution is -2.29. The first-order chi connectivity index (χ1) is 14.2. The van der Waals surface area contributed by atoms with E-state index >= 15 is 0 Å². The summed E-state index contributed by atoms with van der Waals surface area (Å²) in [6.07, 6.45) is 2.28. The molecule has 0 unspecified atom stereocenters. The summed E-state index contributed by atoms with van der Waals surface area (Å²) in [4.78, 5) is 24.7. The SMILES string of the molecule is CCc1ccc(S(=O)(=O)N=C2S/C(=C\c3cccc([N+](=O)[O-])c3)C(=O)N2CC)cc1. The van der Waals surface area contributed by atoms with Gasteiger partial charge in [-0.05, 0) is 54.4 Å². The van der Waals surface area contributed by atoms with Crippen LogP contribution in [0, 0.1) is 10.1 Å². The van der Waals surface area contributed by atoms with Crippen molar-refractivity contribution in [3.63, 3.8) is 0 Å². The summed E-state index contributed by atoms with van der Waals surface area (Å²) in [5.41, 5.74) is 1.37. The lowest BCUT2D eigenvalue weighted by atomic mass is 10.2. The van der Waals surface area contributed by atoms with Crippen molar-refractivity contribution in [3.05, 3.63) is 74.7 Å². The quantitative estimate of drug-likeness (QED) is 0.380. The largest absolute Gasteiger partial charge is 0.286 e. The number of nitro benzene ring substituents is 1. The number of nitrogens with zero attached hydrogens (tertiary/aromatic N) is 3. The van der Waals surface area contributed by atoms with E-state index in [2.05, 4.69) is 4.40 Å². The first kappa shape index (κ1) is 21.7. The van der Waals surface area contributed by atoms with Gasteiger partial charge < -0.3 is 0 Å². The minimum atomic E-state index is -3.99. The van der Waals surface area contributed by atoms with E-state index in [0.717, 1.165) is 23.7 Å². The molecule has 2 aromatic rings. The van der Waals surface area contributed by atoms with Crippen LogP contribution in [0.25, 0.3) is 6.08 Å². The van der Waals surface area contributed by atoms with E-state index in [4.69, 9.17) is 0 Å². The van der Waals surface area contributed by atoms with E-state index in [0.29, 0.717) is 5.56 Å². The van der Waals surface area contributed by atoms with Gasteiger partial charge in [-0.25, -0.2) is 0 Å². The Hall–Kier alpha value is -2.98. The Balaban J connectivity index is 1.95. The van der Waals surface area contributed by atoms with Gasteiger partial charge in [0.15, 0.2) is 5.17 Å². The summed E-state index contributed by atoms with van der Waals surface area (Å²) in [6.45, 7) is 3.92. The van der Waals surface area contributed by atoms with Gasteiger partial charge in [-0.15, -0.1) is 4.40 Å². The van der Waals surface area contributed by atoms with Crippen LogP contribution in [0.15, 0.2) is 62.7 Å². The summed E-state index contributed by atoms with van der Waals surface area (Å²) in [6, 6.07) is 12.3. The normalized spacial score (nSPS) is 17.1. The molecule has 3 rings (SSSR count). The third-order valence-electron chi connectivity index (χ3n) is 4.41. The van der Waals surface area contributed by atoms with Gasteiger partial charge >= 0.3 is 0 Å². The zero-order valence-electron chi connectivity index (χ0n) is 16.3. The van der Waals surface area contributed by atoms with E-state index in [1.54, 1.807) is 25.1 Å². The molecule has 0 N–H and O–H groups in total. The number of aryl methyl sites for hydroxylation is 1. The average Bonchev–Trinajstić information content (AvgIpc) is 3.01. The summed E-state index contributed by atoms with van der Waals surface area (Å²) in [7, 11) is -3.99. The van der Waals surface area contributed by atoms with Crippen molar-refractivity contribution in [2.45, 2.75) is 25.2 Å². The number of carbonyl (C=O) groups excluding carboxylic acids is 1. The molecule has 1 amide bonds. The Morgan fingerprint density at radius 1 is 1.17 bits per heavy atom. The van der Waals surface area contributed by atoms with E-state index in [1.165, 1.54) is 41.3 Å². The molecule has 1 heterocycles. The monoisotopic (exact) mass is 445 g/mol. The van der Waals surface area contributed by atoms with Crippen molar-refractivity contribution in [2.75, 3.05) is 6.54 Å². The van der Waals surface area contributed by atoms with Crippen LogP contribution in [0.4, 0.5) is 5.69 Å². The molecule has 8 nitrogen and oxygen atoms in total. The minimum absolute atomic E-state index is 0.0485. The molecule has 2 aromatic carbocycles. The molecule has 1 aliphatic heterocycles. The molecule has 1 fully saturated rings. The molecule has 30 heavy (non-hydrogen) atoms. The molecular formula is C20H19N3O5S2. The number of non-ortho nitro benzene ring substituents is 1. The van der Waals surface area contributed by atoms with E-state index in [9.17, 15) is 23.3 Å². The van der Waals surface area contributed by atoms with E-state index in [1.807, 2.05) is 6.92 Å². The molecule has 1 saturated heterocycles. The molecule has 1 aliphatic rings. The number of sulfonamides is 1. The van der Waals surface area contributed by atoms with Crippen LogP contribution in [0.5, 0.6) is 0 Å². The number of rotatable bonds is 6. The number of amides is 1. The van der Waals surface area contributed by atoms with Crippen molar-refractivity contribution in [1.29, 1.82) is 0 Å². The minimum Gasteiger partial charge on any atom is -0.286 e. The van der Waals surface area contributed by atoms with Gasteiger partial charge in [0, 0.05) is 18.7 Å². The van der Waals surface area contributed by atoms with Gasteiger partial charge in [-0.1, -0.05) is 31.2 Å². The Bertz CT molecular complexity index is 1160. The first-order valence-electron chi connectivity index (χ1n) is 9.15. The topological polar surface area (TPSA) is 110 Å². The van der Waals surface area contributed by atoms with Crippen LogP contribution in [0.2, 0.25) is 0 Å². The lowest BCUT2D eigenvalue weighted by Gasteiger charge is -2.12. The molecule has 0 bridgehead atoms. The smallest absolute Gasteiger partial charge is 0.284 e. The third kappa shape index (κ3) is 4.60. The molecule has 156 valence electrons. The number of hydrogen-bond acceptors (Lipinski definition) is 6. The molecule has 0 aliphatic carbocycles. The summed E-state index contributed by atoms with van der Waals surface area (Å²) in [5.74, 6) is -0.399. The van der Waals surface area contributed by atoms with Crippen molar-refractivity contribution in [1.82, 2.24) is 4.90 Å². The van der Waals surface area contributed by atoms with Gasteiger partial charge in [-0.2, -0.15) is 8.42 Å². The number of thioether (sulfide) groups is 1. The van der Waals surface area contributed by atoms with Crippen molar-refractivity contribution >= 4 is 44.6 Å². The maximum Gasteiger partial charge on any atom is 0.284 e. The molecule has 10 heteroatoms. The lowest BCUT2D eigenvalue weighted by molar-refractivity contribution is -0.384. The Kier molecular flexibility index (Phi) is 6.37. The molecule has 0 saturated carbocycles. The molecule has 0 aromatic heterocycles. The zero-order valence-corrected chi connectivity index (χ0v) is 17.9. The van der Waals surface area contributed by atoms with Gasteiger partial charge in [0.25, 0.3) is 21.6 Å². The maximum atomic E-state index is 12.7. The van der Waals surface area contributed by atoms with Gasteiger partial charge in [0.1, 0.15) is 0 Å². The summed E-state index contributed by atoms with van der Waals surface area (Å²) < 4.78 is 29.3. The number of likely N-dealkylation sites (N-methyl/N-ethyl adjacent to an activating group) is 1. The Morgan fingerprint density at radius 3 is 2.47 bits per heavy atom. The van der Waals surface area contributed by atoms with Crippen LogP contribution in [-0.4, -0.2) is 35.9 Å². The van der Waals surface area contributed by atoms with Crippen LogP contribution in [0.1, 0.15) is 25.0 Å². The number of nitro groups is 1. The maximum absolute atomic E-state index is 12.7. The van der Waals surface area contributed by atoms with Crippen LogP contribution in [-0.2, 0) is 21.2 Å². The van der Waals surface area contributed by atoms with Crippen LogP contribution >= 0.6 is 11.8 Å². The van der Waals surface area contributed by atoms with Crippen molar-refractivity contribution in [2.24, 2.45) is 4.40 Å². The summed E-state index contributed by atoms with van der Waals surface area (Å²) in [5, 5.41) is 11.0. The predicted molar refractivity (Wildman–Crippen MR) is 116 cm³/mol. The molecule has 0 spiro atoms. The standard InChI is InChI=1S/C20H19N3O5S2/c1-3-14-8-10-17(11-9-14)30(27,28)21-20-22(4-2)19(24)18(29-20)13-15-6-5-7-16(12-15)23(25)26/h5-13H,3-4H2,1-2H3/b18-13-,21-20?. The average molecular weight is 446 g/mol. The number of hydrogen-bond donors (Lipinski definition) is 0. The number of carbonyl (C=O) groups is 1. The highest BCUT2D eigenvalue weighted by Gasteiger charge is 2.34. The number of amidine groups is 1. The Morgan fingerprint density at radius 2 is 1.87 bits per heavy atom. The van der Waals surface area contributed by atoms with Crippen LogP contribution in [0.3, 0.4) is 0 Å². The fraction of sp³-hybridized carbons (Fsp3) is 0.200. The van der Waals surface area contributed by atoms with Crippen molar-refractivity contribution in [3.8, 4) is 0 Å². The number of benzene rings is 2. The third-order valence-corrected chi connectivity index (χ3v) is 6.81. The van der Waals surface area contributed by atoms with Gasteiger partial charge in [0.05, 0.1) is 14.7 Å². The fourth-order valence-electron chi connectivity index (χ4n) is 2.79. The second kappa shape index (κ2) is 8.80. The second-order valence-electron chi connectivity index (χ2n) is 6.36. The second-order valence-corrected chi connectivity index (χ2v) is 8.97. The highest BCUT2D eigenvalue weighted by atomic mass is 32.2. The first-order valence-corrected chi connectivity index (χ1v) is 11.4. The molecule has 0 atom stereocenters. The van der Waals surface area contributed by atoms with Gasteiger partial charge in [0.2, 0.25) is 0 Å². The molecular weight excluding hydrogens is 426 g/mol. The zero-order chi connectivity index (χ0) is 21.9. The Labute approximate surface area is 178 Å². The fourth-order valence-corrected chi connectivity index (χ4v) is 5.03. The van der Waals surface area contributed by atoms with Crippen molar-refractivity contribution < 1.29 is 18.1 Å². The highest BCUT2D eigenvalue weighted by Crippen LogP contribution is 2.34. The van der Waals surface area contributed by atoms with Crippen LogP contribution < -0.4 is 0 Å². The van der Waals surface area contributed by atoms with E-state index < -0.39 is 20.9 Å². The molecule has 0 radical (unpaired) electrons. The summed E-state index contributed by atoms with van der Waals surface area (Å²) >= 11 is 0.928. The van der Waals surface area contributed by atoms with E-state index in [-0.39, 0.29) is 27.2 Å². The highest BCUT2D eigenvalue weighted by molar-refractivity contribution is 8.19.